The number of rotatable bonds is 4. The van der Waals surface area contributed by atoms with Crippen LogP contribution in [0.15, 0.2) is 41.8 Å². The van der Waals surface area contributed by atoms with Crippen LogP contribution in [-0.2, 0) is 0 Å². The van der Waals surface area contributed by atoms with Gasteiger partial charge in [0.2, 0.25) is 5.88 Å². The normalized spacial score (nSPS) is 11.2. The standard InChI is InChI=1S/C16H14N2OS/c1-2-19-16-15(10-9-12-6-5-11-20-12)17-13-7-3-4-8-14(13)18-16/h3-11H,2H2,1H3/b10-9-. The molecule has 0 aliphatic heterocycles. The summed E-state index contributed by atoms with van der Waals surface area (Å²) in [5.74, 6) is 0.582. The SMILES string of the molecule is CCOc1nc2ccccc2nc1/C=C\c1cccs1. The van der Waals surface area contributed by atoms with Gasteiger partial charge in [0.05, 0.1) is 17.6 Å². The first kappa shape index (κ1) is 12.8. The molecule has 0 spiro atoms. The Hall–Kier alpha value is -2.20. The van der Waals surface area contributed by atoms with Gasteiger partial charge in [0.25, 0.3) is 0 Å². The average Bonchev–Trinajstić information content (AvgIpc) is 2.98. The number of fused-ring (bicyclic) bond motifs is 1. The molecule has 2 heterocycles. The Morgan fingerprint density at radius 1 is 1.05 bits per heavy atom. The maximum absolute atomic E-state index is 5.59. The smallest absolute Gasteiger partial charge is 0.240 e. The summed E-state index contributed by atoms with van der Waals surface area (Å²) in [5, 5.41) is 2.05. The van der Waals surface area contributed by atoms with Crippen LogP contribution in [0.3, 0.4) is 0 Å². The van der Waals surface area contributed by atoms with Crippen molar-refractivity contribution in [1.82, 2.24) is 9.97 Å². The van der Waals surface area contributed by atoms with Crippen molar-refractivity contribution in [3.05, 3.63) is 52.3 Å². The first-order valence-corrected chi connectivity index (χ1v) is 7.36. The molecule has 3 nitrogen and oxygen atoms in total. The highest BCUT2D eigenvalue weighted by atomic mass is 32.1. The van der Waals surface area contributed by atoms with Gasteiger partial charge in [0, 0.05) is 4.88 Å². The van der Waals surface area contributed by atoms with Crippen molar-refractivity contribution >= 4 is 34.5 Å². The van der Waals surface area contributed by atoms with Crippen molar-refractivity contribution in [2.24, 2.45) is 0 Å². The van der Waals surface area contributed by atoms with Crippen molar-refractivity contribution in [3.8, 4) is 5.88 Å². The van der Waals surface area contributed by atoms with E-state index in [-0.39, 0.29) is 0 Å². The molecule has 0 aliphatic carbocycles. The van der Waals surface area contributed by atoms with Crippen LogP contribution >= 0.6 is 11.3 Å². The summed E-state index contributed by atoms with van der Waals surface area (Å²) in [4.78, 5) is 10.3. The Bertz CT molecular complexity index is 735. The van der Waals surface area contributed by atoms with Crippen LogP contribution in [0.2, 0.25) is 0 Å². The van der Waals surface area contributed by atoms with Gasteiger partial charge in [0.1, 0.15) is 5.69 Å². The van der Waals surface area contributed by atoms with E-state index in [1.807, 2.05) is 49.4 Å². The van der Waals surface area contributed by atoms with Gasteiger partial charge in [-0.3, -0.25) is 0 Å². The van der Waals surface area contributed by atoms with Gasteiger partial charge in [0.15, 0.2) is 0 Å². The summed E-state index contributed by atoms with van der Waals surface area (Å²) in [6.45, 7) is 2.52. The summed E-state index contributed by atoms with van der Waals surface area (Å²) >= 11 is 1.69. The minimum atomic E-state index is 0.576. The van der Waals surface area contributed by atoms with Crippen molar-refractivity contribution < 1.29 is 4.74 Å². The van der Waals surface area contributed by atoms with Crippen LogP contribution in [0.4, 0.5) is 0 Å². The molecule has 0 N–H and O–H groups in total. The van der Waals surface area contributed by atoms with Crippen molar-refractivity contribution in [2.45, 2.75) is 6.92 Å². The van der Waals surface area contributed by atoms with Gasteiger partial charge < -0.3 is 4.74 Å². The van der Waals surface area contributed by atoms with Crippen molar-refractivity contribution in [1.29, 1.82) is 0 Å². The minimum absolute atomic E-state index is 0.576. The third-order valence-corrected chi connectivity index (χ3v) is 3.63. The lowest BCUT2D eigenvalue weighted by molar-refractivity contribution is 0.326. The van der Waals surface area contributed by atoms with Gasteiger partial charge >= 0.3 is 0 Å². The van der Waals surface area contributed by atoms with Crippen molar-refractivity contribution in [2.75, 3.05) is 6.61 Å². The Morgan fingerprint density at radius 3 is 2.55 bits per heavy atom. The topological polar surface area (TPSA) is 35.0 Å². The summed E-state index contributed by atoms with van der Waals surface area (Å²) in [5.41, 5.74) is 2.49. The van der Waals surface area contributed by atoms with Crippen LogP contribution in [0.5, 0.6) is 5.88 Å². The second-order valence-electron chi connectivity index (χ2n) is 4.18. The maximum Gasteiger partial charge on any atom is 0.240 e. The van der Waals surface area contributed by atoms with Crippen LogP contribution < -0.4 is 4.74 Å². The number of hydrogen-bond donors (Lipinski definition) is 0. The monoisotopic (exact) mass is 282 g/mol. The van der Waals surface area contributed by atoms with Crippen LogP contribution in [-0.4, -0.2) is 16.6 Å². The second-order valence-corrected chi connectivity index (χ2v) is 5.16. The molecule has 3 rings (SSSR count). The lowest BCUT2D eigenvalue weighted by Gasteiger charge is -2.06. The molecule has 0 saturated carbocycles. The molecule has 20 heavy (non-hydrogen) atoms. The fourth-order valence-corrected chi connectivity index (χ4v) is 2.51. The number of hydrogen-bond acceptors (Lipinski definition) is 4. The van der Waals surface area contributed by atoms with Gasteiger partial charge in [-0.15, -0.1) is 11.3 Å². The predicted molar refractivity (Wildman–Crippen MR) is 84.0 cm³/mol. The molecule has 1 aromatic carbocycles. The Kier molecular flexibility index (Phi) is 3.74. The molecule has 0 atom stereocenters. The lowest BCUT2D eigenvalue weighted by Crippen LogP contribution is -1.99. The average molecular weight is 282 g/mol. The highest BCUT2D eigenvalue weighted by Gasteiger charge is 2.07. The first-order valence-electron chi connectivity index (χ1n) is 6.48. The number of thiophene rings is 1. The van der Waals surface area contributed by atoms with E-state index in [1.165, 1.54) is 4.88 Å². The molecule has 0 unspecified atom stereocenters. The molecule has 0 fully saturated rings. The zero-order chi connectivity index (χ0) is 13.8. The Balaban J connectivity index is 2.04. The Morgan fingerprint density at radius 2 is 1.85 bits per heavy atom. The third kappa shape index (κ3) is 2.70. The molecule has 0 saturated heterocycles. The predicted octanol–water partition coefficient (Wildman–Crippen LogP) is 4.26. The molecule has 100 valence electrons. The van der Waals surface area contributed by atoms with E-state index in [9.17, 15) is 0 Å². The second kappa shape index (κ2) is 5.84. The van der Waals surface area contributed by atoms with E-state index < -0.39 is 0 Å². The summed E-state index contributed by atoms with van der Waals surface area (Å²) < 4.78 is 5.59. The van der Waals surface area contributed by atoms with E-state index in [4.69, 9.17) is 4.74 Å². The van der Waals surface area contributed by atoms with Gasteiger partial charge in [-0.1, -0.05) is 18.2 Å². The van der Waals surface area contributed by atoms with E-state index in [0.29, 0.717) is 12.5 Å². The van der Waals surface area contributed by atoms with Crippen LogP contribution in [0.25, 0.3) is 23.2 Å². The van der Waals surface area contributed by atoms with Crippen molar-refractivity contribution in [3.63, 3.8) is 0 Å². The maximum atomic E-state index is 5.59. The molecular weight excluding hydrogens is 268 g/mol. The minimum Gasteiger partial charge on any atom is -0.476 e. The molecule has 4 heteroatoms. The van der Waals surface area contributed by atoms with Gasteiger partial charge in [-0.05, 0) is 42.7 Å². The van der Waals surface area contributed by atoms with E-state index in [2.05, 4.69) is 21.4 Å². The van der Waals surface area contributed by atoms with Crippen LogP contribution in [0, 0.1) is 0 Å². The fraction of sp³-hybridized carbons (Fsp3) is 0.125. The summed E-state index contributed by atoms with van der Waals surface area (Å²) in [6.07, 6.45) is 3.99. The first-order chi connectivity index (χ1) is 9.86. The number of para-hydroxylation sites is 2. The van der Waals surface area contributed by atoms with Crippen LogP contribution in [0.1, 0.15) is 17.5 Å². The fourth-order valence-electron chi connectivity index (χ4n) is 1.90. The van der Waals surface area contributed by atoms with E-state index >= 15 is 0 Å². The van der Waals surface area contributed by atoms with Gasteiger partial charge in [-0.2, -0.15) is 0 Å². The molecule has 0 aliphatic rings. The van der Waals surface area contributed by atoms with E-state index in [1.54, 1.807) is 11.3 Å². The number of benzene rings is 1. The number of ether oxygens (including phenoxy) is 1. The number of aromatic nitrogens is 2. The molecular formula is C16H14N2OS. The third-order valence-electron chi connectivity index (χ3n) is 2.79. The highest BCUT2D eigenvalue weighted by Crippen LogP contribution is 2.21. The molecule has 0 radical (unpaired) electrons. The lowest BCUT2D eigenvalue weighted by atomic mass is 10.2. The van der Waals surface area contributed by atoms with E-state index in [0.717, 1.165) is 16.7 Å². The zero-order valence-electron chi connectivity index (χ0n) is 11.1. The Labute approximate surface area is 121 Å². The largest absolute Gasteiger partial charge is 0.476 e. The molecule has 0 bridgehead atoms. The zero-order valence-corrected chi connectivity index (χ0v) is 11.9. The summed E-state index contributed by atoms with van der Waals surface area (Å²) in [7, 11) is 0. The molecule has 3 aromatic rings. The molecule has 0 amide bonds. The number of nitrogens with zero attached hydrogens (tertiary/aromatic N) is 2. The summed E-state index contributed by atoms with van der Waals surface area (Å²) in [6, 6.07) is 11.9. The highest BCUT2D eigenvalue weighted by molar-refractivity contribution is 7.10. The quantitative estimate of drug-likeness (QED) is 0.717. The van der Waals surface area contributed by atoms with Gasteiger partial charge in [-0.25, -0.2) is 9.97 Å². The molecule has 2 aromatic heterocycles.